The van der Waals surface area contributed by atoms with Gasteiger partial charge in [0.2, 0.25) is 5.90 Å². The van der Waals surface area contributed by atoms with Crippen molar-refractivity contribution in [2.24, 2.45) is 4.99 Å². The first kappa shape index (κ1) is 22.1. The van der Waals surface area contributed by atoms with Crippen LogP contribution in [-0.2, 0) is 16.1 Å². The molecule has 6 heteroatoms. The topological polar surface area (TPSA) is 57.1 Å². The van der Waals surface area contributed by atoms with E-state index in [9.17, 15) is 4.79 Å². The van der Waals surface area contributed by atoms with Crippen molar-refractivity contribution >= 4 is 40.5 Å². The highest BCUT2D eigenvalue weighted by molar-refractivity contribution is 14.1. The van der Waals surface area contributed by atoms with Gasteiger partial charge in [0.15, 0.2) is 17.2 Å². The minimum Gasteiger partial charge on any atom is -0.493 e. The number of aliphatic imine (C=N–C) groups is 1. The Bertz CT molecular complexity index is 1230. The monoisotopic (exact) mass is 539 g/mol. The average Bonchev–Trinajstić information content (AvgIpc) is 3.14. The van der Waals surface area contributed by atoms with Gasteiger partial charge in [0, 0.05) is 5.56 Å². The molecule has 32 heavy (non-hydrogen) atoms. The molecule has 3 aromatic rings. The number of hydrogen-bond acceptors (Lipinski definition) is 5. The van der Waals surface area contributed by atoms with Crippen LogP contribution < -0.4 is 9.47 Å². The molecule has 0 atom stereocenters. The van der Waals surface area contributed by atoms with Gasteiger partial charge in [-0.15, -0.1) is 0 Å². The van der Waals surface area contributed by atoms with Crippen molar-refractivity contribution in [1.29, 1.82) is 0 Å². The number of halogens is 1. The Labute approximate surface area is 200 Å². The summed E-state index contributed by atoms with van der Waals surface area (Å²) in [7, 11) is 1.60. The molecule has 0 amide bonds. The van der Waals surface area contributed by atoms with E-state index in [1.165, 1.54) is 5.56 Å². The largest absolute Gasteiger partial charge is 0.493 e. The van der Waals surface area contributed by atoms with Gasteiger partial charge < -0.3 is 14.2 Å². The summed E-state index contributed by atoms with van der Waals surface area (Å²) in [6.45, 7) is 4.44. The quantitative estimate of drug-likeness (QED) is 0.225. The molecule has 0 bridgehead atoms. The fourth-order valence-corrected chi connectivity index (χ4v) is 4.08. The SMILES string of the molecule is COc1cc(/C=C2\N=C(c3ccccc3C)OC2=O)cc(I)c1OCc1ccc(C)cc1. The number of ether oxygens (including phenoxy) is 3. The van der Waals surface area contributed by atoms with Gasteiger partial charge >= 0.3 is 5.97 Å². The first-order valence-electron chi connectivity index (χ1n) is 10.1. The van der Waals surface area contributed by atoms with E-state index in [0.29, 0.717) is 24.0 Å². The van der Waals surface area contributed by atoms with E-state index in [2.05, 4.69) is 46.6 Å². The molecular weight excluding hydrogens is 517 g/mol. The number of hydrogen-bond donors (Lipinski definition) is 0. The zero-order valence-electron chi connectivity index (χ0n) is 18.0. The van der Waals surface area contributed by atoms with E-state index in [1.54, 1.807) is 13.2 Å². The third kappa shape index (κ3) is 4.85. The summed E-state index contributed by atoms with van der Waals surface area (Å²) in [4.78, 5) is 16.8. The van der Waals surface area contributed by atoms with Crippen LogP contribution in [0.25, 0.3) is 6.08 Å². The molecule has 1 aliphatic heterocycles. The Morgan fingerprint density at radius 3 is 2.53 bits per heavy atom. The van der Waals surface area contributed by atoms with E-state index >= 15 is 0 Å². The minimum atomic E-state index is -0.475. The highest BCUT2D eigenvalue weighted by Crippen LogP contribution is 2.35. The summed E-state index contributed by atoms with van der Waals surface area (Å²) in [5.41, 5.74) is 5.09. The van der Waals surface area contributed by atoms with E-state index in [0.717, 1.165) is 25.8 Å². The fraction of sp³-hybridized carbons (Fsp3) is 0.154. The van der Waals surface area contributed by atoms with Crippen molar-refractivity contribution in [3.05, 3.63) is 97.7 Å². The zero-order chi connectivity index (χ0) is 22.7. The number of aryl methyl sites for hydroxylation is 2. The van der Waals surface area contributed by atoms with Crippen LogP contribution >= 0.6 is 22.6 Å². The molecule has 0 saturated heterocycles. The number of carbonyl (C=O) groups excluding carboxylic acids is 1. The van der Waals surface area contributed by atoms with Crippen molar-refractivity contribution in [2.75, 3.05) is 7.11 Å². The Balaban J connectivity index is 1.59. The average molecular weight is 539 g/mol. The number of carbonyl (C=O) groups is 1. The smallest absolute Gasteiger partial charge is 0.363 e. The lowest BCUT2D eigenvalue weighted by Crippen LogP contribution is -2.06. The van der Waals surface area contributed by atoms with Gasteiger partial charge in [0.05, 0.1) is 10.7 Å². The van der Waals surface area contributed by atoms with Crippen LogP contribution in [0.3, 0.4) is 0 Å². The standard InChI is InChI=1S/C26H22INO4/c1-16-8-10-18(11-9-16)15-31-24-21(27)12-19(14-23(24)30-3)13-22-26(29)32-25(28-22)20-7-5-4-6-17(20)2/h4-14H,15H2,1-3H3/b22-13-. The molecule has 0 unspecified atom stereocenters. The second-order valence-electron chi connectivity index (χ2n) is 7.46. The first-order valence-corrected chi connectivity index (χ1v) is 11.2. The number of esters is 1. The molecule has 0 aliphatic carbocycles. The molecule has 0 saturated carbocycles. The van der Waals surface area contributed by atoms with E-state index in [-0.39, 0.29) is 5.70 Å². The summed E-state index contributed by atoms with van der Waals surface area (Å²) in [5, 5.41) is 0. The molecule has 0 spiro atoms. The van der Waals surface area contributed by atoms with Crippen molar-refractivity contribution in [1.82, 2.24) is 0 Å². The van der Waals surface area contributed by atoms with Crippen molar-refractivity contribution in [3.63, 3.8) is 0 Å². The van der Waals surface area contributed by atoms with Crippen LogP contribution in [-0.4, -0.2) is 19.0 Å². The maximum absolute atomic E-state index is 12.4. The normalized spacial score (nSPS) is 14.3. The predicted octanol–water partition coefficient (Wildman–Crippen LogP) is 5.84. The van der Waals surface area contributed by atoms with Crippen LogP contribution in [0.4, 0.5) is 0 Å². The van der Waals surface area contributed by atoms with Gasteiger partial charge in [0.25, 0.3) is 0 Å². The van der Waals surface area contributed by atoms with Crippen LogP contribution in [0.15, 0.2) is 71.4 Å². The second-order valence-corrected chi connectivity index (χ2v) is 8.62. The summed E-state index contributed by atoms with van der Waals surface area (Å²) in [6, 6.07) is 19.6. The highest BCUT2D eigenvalue weighted by Gasteiger charge is 2.25. The number of nitrogens with zero attached hydrogens (tertiary/aromatic N) is 1. The first-order chi connectivity index (χ1) is 15.4. The van der Waals surface area contributed by atoms with Gasteiger partial charge in [-0.3, -0.25) is 0 Å². The second kappa shape index (κ2) is 9.56. The van der Waals surface area contributed by atoms with Gasteiger partial charge in [-0.2, -0.15) is 0 Å². The maximum atomic E-state index is 12.4. The lowest BCUT2D eigenvalue weighted by atomic mass is 10.1. The number of rotatable bonds is 6. The lowest BCUT2D eigenvalue weighted by Gasteiger charge is -2.14. The van der Waals surface area contributed by atoms with Crippen LogP contribution in [0.2, 0.25) is 0 Å². The predicted molar refractivity (Wildman–Crippen MR) is 133 cm³/mol. The molecule has 1 heterocycles. The van der Waals surface area contributed by atoms with E-state index < -0.39 is 5.97 Å². The van der Waals surface area contributed by atoms with Gasteiger partial charge in [0.1, 0.15) is 6.61 Å². The van der Waals surface area contributed by atoms with Gasteiger partial charge in [-0.25, -0.2) is 9.79 Å². The molecule has 1 aliphatic rings. The number of cyclic esters (lactones) is 1. The minimum absolute atomic E-state index is 0.245. The Morgan fingerprint density at radius 1 is 1.06 bits per heavy atom. The van der Waals surface area contributed by atoms with Crippen molar-refractivity contribution in [3.8, 4) is 11.5 Å². The molecule has 0 aromatic heterocycles. The molecule has 5 nitrogen and oxygen atoms in total. The fourth-order valence-electron chi connectivity index (χ4n) is 3.30. The molecule has 3 aromatic carbocycles. The maximum Gasteiger partial charge on any atom is 0.363 e. The van der Waals surface area contributed by atoms with Gasteiger partial charge in [-0.05, 0) is 77.4 Å². The van der Waals surface area contributed by atoms with Crippen molar-refractivity contribution < 1.29 is 19.0 Å². The molecule has 4 rings (SSSR count). The van der Waals surface area contributed by atoms with Crippen LogP contribution in [0.1, 0.15) is 27.8 Å². The summed E-state index contributed by atoms with van der Waals surface area (Å²) >= 11 is 2.21. The zero-order valence-corrected chi connectivity index (χ0v) is 20.2. The number of methoxy groups -OCH3 is 1. The third-order valence-electron chi connectivity index (χ3n) is 5.05. The highest BCUT2D eigenvalue weighted by atomic mass is 127. The molecular formula is C26H22INO4. The van der Waals surface area contributed by atoms with Crippen LogP contribution in [0.5, 0.6) is 11.5 Å². The summed E-state index contributed by atoms with van der Waals surface area (Å²) in [6.07, 6.45) is 1.70. The summed E-state index contributed by atoms with van der Waals surface area (Å²) < 4.78 is 17.9. The lowest BCUT2D eigenvalue weighted by molar-refractivity contribution is -0.129. The Morgan fingerprint density at radius 2 is 1.81 bits per heavy atom. The van der Waals surface area contributed by atoms with Gasteiger partial charge in [-0.1, -0.05) is 48.0 Å². The number of benzene rings is 3. The molecule has 162 valence electrons. The summed E-state index contributed by atoms with van der Waals surface area (Å²) in [5.74, 6) is 1.09. The van der Waals surface area contributed by atoms with Crippen molar-refractivity contribution in [2.45, 2.75) is 20.5 Å². The Kier molecular flexibility index (Phi) is 6.60. The molecule has 0 radical (unpaired) electrons. The van der Waals surface area contributed by atoms with E-state index in [1.807, 2.05) is 55.5 Å². The van der Waals surface area contributed by atoms with E-state index in [4.69, 9.17) is 14.2 Å². The Hall–Kier alpha value is -3.13. The molecule has 0 fully saturated rings. The van der Waals surface area contributed by atoms with Crippen LogP contribution in [0, 0.1) is 17.4 Å². The third-order valence-corrected chi connectivity index (χ3v) is 5.86. The molecule has 0 N–H and O–H groups in total.